The monoisotopic (exact) mass is 519 g/mol. The topological polar surface area (TPSA) is 85.3 Å². The number of aryl methyl sites for hydroxylation is 1. The van der Waals surface area contributed by atoms with Gasteiger partial charge in [-0.3, -0.25) is 14.5 Å². The van der Waals surface area contributed by atoms with Gasteiger partial charge in [-0.25, -0.2) is 0 Å². The highest BCUT2D eigenvalue weighted by molar-refractivity contribution is 6.51. The number of methoxy groups -OCH3 is 1. The third-order valence-corrected chi connectivity index (χ3v) is 6.97. The van der Waals surface area contributed by atoms with E-state index < -0.39 is 17.7 Å². The number of amides is 1. The van der Waals surface area contributed by atoms with E-state index in [1.807, 2.05) is 32.9 Å². The molecule has 5 rings (SSSR count). The van der Waals surface area contributed by atoms with E-state index in [1.165, 1.54) is 4.90 Å². The summed E-state index contributed by atoms with van der Waals surface area (Å²) in [5.74, 6) is 0.0419. The number of aliphatic hydroxyl groups excluding tert-OH is 1. The molecule has 1 fully saturated rings. The maximum atomic E-state index is 13.5. The standard InChI is InChI=1S/C29H26ClNO6/c1-15(2)20-13-21(16(3)11-23(20)35-4)27(32)25-26(17-5-7-18(30)8-6-17)31(29(34)28(25)33)19-9-10-22-24(12-19)37-14-36-22/h5-13,15,26,32H,14H2,1-4H3/b27-25+. The van der Waals surface area contributed by atoms with Crippen LogP contribution in [0.5, 0.6) is 17.2 Å². The fourth-order valence-electron chi connectivity index (χ4n) is 4.82. The van der Waals surface area contributed by atoms with Crippen molar-refractivity contribution >= 4 is 34.7 Å². The van der Waals surface area contributed by atoms with Gasteiger partial charge in [-0.05, 0) is 65.9 Å². The zero-order valence-electron chi connectivity index (χ0n) is 20.9. The van der Waals surface area contributed by atoms with Crippen molar-refractivity contribution in [3.8, 4) is 17.2 Å². The van der Waals surface area contributed by atoms with Gasteiger partial charge in [0.05, 0.1) is 18.7 Å². The number of anilines is 1. The molecule has 1 atom stereocenters. The Bertz CT molecular complexity index is 1440. The molecular formula is C29H26ClNO6. The average Bonchev–Trinajstić information content (AvgIpc) is 3.45. The van der Waals surface area contributed by atoms with Crippen LogP contribution in [0, 0.1) is 6.92 Å². The lowest BCUT2D eigenvalue weighted by atomic mass is 9.91. The summed E-state index contributed by atoms with van der Waals surface area (Å²) in [6.45, 7) is 5.94. The Balaban J connectivity index is 1.73. The van der Waals surface area contributed by atoms with Crippen LogP contribution in [0.25, 0.3) is 5.76 Å². The van der Waals surface area contributed by atoms with Crippen molar-refractivity contribution in [3.63, 3.8) is 0 Å². The maximum Gasteiger partial charge on any atom is 0.300 e. The van der Waals surface area contributed by atoms with Crippen LogP contribution in [0.2, 0.25) is 5.02 Å². The summed E-state index contributed by atoms with van der Waals surface area (Å²) < 4.78 is 16.4. The molecule has 1 saturated heterocycles. The number of fused-ring (bicyclic) bond motifs is 1. The molecule has 1 unspecified atom stereocenters. The molecule has 37 heavy (non-hydrogen) atoms. The van der Waals surface area contributed by atoms with Crippen molar-refractivity contribution in [1.29, 1.82) is 0 Å². The van der Waals surface area contributed by atoms with Crippen LogP contribution in [0.15, 0.2) is 60.2 Å². The number of aliphatic hydroxyl groups is 1. The van der Waals surface area contributed by atoms with Crippen molar-refractivity contribution in [2.24, 2.45) is 0 Å². The van der Waals surface area contributed by atoms with Crippen LogP contribution in [0.3, 0.4) is 0 Å². The fourth-order valence-corrected chi connectivity index (χ4v) is 4.95. The van der Waals surface area contributed by atoms with Crippen LogP contribution in [-0.2, 0) is 9.59 Å². The lowest BCUT2D eigenvalue weighted by Crippen LogP contribution is -2.29. The SMILES string of the molecule is COc1cc(C)c(/C(O)=C2\C(=O)C(=O)N(c3ccc4c(c3)OCO4)C2c2ccc(Cl)cc2)cc1C(C)C. The minimum Gasteiger partial charge on any atom is -0.507 e. The van der Waals surface area contributed by atoms with Crippen molar-refractivity contribution in [2.75, 3.05) is 18.8 Å². The molecule has 1 amide bonds. The lowest BCUT2D eigenvalue weighted by molar-refractivity contribution is -0.132. The summed E-state index contributed by atoms with van der Waals surface area (Å²) >= 11 is 6.13. The normalized spacial score (nSPS) is 18.1. The van der Waals surface area contributed by atoms with Gasteiger partial charge in [-0.1, -0.05) is 37.6 Å². The van der Waals surface area contributed by atoms with E-state index in [0.717, 1.165) is 5.56 Å². The van der Waals surface area contributed by atoms with E-state index in [0.29, 0.717) is 44.6 Å². The number of halogens is 1. The molecule has 0 aliphatic carbocycles. The Morgan fingerprint density at radius 3 is 2.43 bits per heavy atom. The summed E-state index contributed by atoms with van der Waals surface area (Å²) in [4.78, 5) is 28.4. The first kappa shape index (κ1) is 24.7. The zero-order chi connectivity index (χ0) is 26.4. The molecule has 2 aliphatic heterocycles. The number of rotatable bonds is 5. The highest BCUT2D eigenvalue weighted by atomic mass is 35.5. The predicted molar refractivity (Wildman–Crippen MR) is 141 cm³/mol. The second-order valence-electron chi connectivity index (χ2n) is 9.32. The maximum absolute atomic E-state index is 13.5. The van der Waals surface area contributed by atoms with E-state index in [4.69, 9.17) is 25.8 Å². The number of Topliss-reactive ketones (excluding diaryl/α,β-unsaturated/α-hetero) is 1. The highest BCUT2D eigenvalue weighted by Crippen LogP contribution is 2.45. The van der Waals surface area contributed by atoms with E-state index in [-0.39, 0.29) is 24.0 Å². The second kappa shape index (κ2) is 9.48. The van der Waals surface area contributed by atoms with Gasteiger partial charge in [0, 0.05) is 22.3 Å². The highest BCUT2D eigenvalue weighted by Gasteiger charge is 2.47. The third kappa shape index (κ3) is 4.19. The van der Waals surface area contributed by atoms with Gasteiger partial charge >= 0.3 is 0 Å². The van der Waals surface area contributed by atoms with Crippen LogP contribution in [0.4, 0.5) is 5.69 Å². The molecule has 190 valence electrons. The molecule has 3 aromatic carbocycles. The first-order chi connectivity index (χ1) is 17.7. The van der Waals surface area contributed by atoms with E-state index in [1.54, 1.807) is 49.6 Å². The van der Waals surface area contributed by atoms with Gasteiger partial charge < -0.3 is 19.3 Å². The molecule has 0 aromatic heterocycles. The minimum absolute atomic E-state index is 0.00652. The quantitative estimate of drug-likeness (QED) is 0.248. The van der Waals surface area contributed by atoms with Crippen molar-refractivity contribution < 1.29 is 28.9 Å². The number of nitrogens with zero attached hydrogens (tertiary/aromatic N) is 1. The molecule has 2 aliphatic rings. The average molecular weight is 520 g/mol. The Kier molecular flexibility index (Phi) is 6.33. The Labute approximate surface area is 219 Å². The Morgan fingerprint density at radius 2 is 1.76 bits per heavy atom. The number of carbonyl (C=O) groups excluding carboxylic acids is 2. The lowest BCUT2D eigenvalue weighted by Gasteiger charge is -2.26. The molecule has 0 bridgehead atoms. The van der Waals surface area contributed by atoms with Gasteiger partial charge in [0.25, 0.3) is 11.7 Å². The number of hydrogen-bond acceptors (Lipinski definition) is 6. The molecule has 0 radical (unpaired) electrons. The van der Waals surface area contributed by atoms with Crippen molar-refractivity contribution in [1.82, 2.24) is 0 Å². The van der Waals surface area contributed by atoms with Gasteiger partial charge in [0.1, 0.15) is 11.5 Å². The first-order valence-electron chi connectivity index (χ1n) is 11.9. The van der Waals surface area contributed by atoms with Crippen LogP contribution in [-0.4, -0.2) is 30.7 Å². The third-order valence-electron chi connectivity index (χ3n) is 6.72. The van der Waals surface area contributed by atoms with E-state index in [9.17, 15) is 14.7 Å². The van der Waals surface area contributed by atoms with Crippen LogP contribution in [0.1, 0.15) is 48.1 Å². The van der Waals surface area contributed by atoms with Gasteiger partial charge in [0.2, 0.25) is 6.79 Å². The number of carbonyl (C=O) groups is 2. The molecule has 3 aromatic rings. The van der Waals surface area contributed by atoms with Crippen molar-refractivity contribution in [2.45, 2.75) is 32.7 Å². The molecule has 8 heteroatoms. The zero-order valence-corrected chi connectivity index (χ0v) is 21.6. The van der Waals surface area contributed by atoms with Gasteiger partial charge in [-0.15, -0.1) is 0 Å². The van der Waals surface area contributed by atoms with E-state index in [2.05, 4.69) is 0 Å². The van der Waals surface area contributed by atoms with Gasteiger partial charge in [-0.2, -0.15) is 0 Å². The largest absolute Gasteiger partial charge is 0.507 e. The number of benzene rings is 3. The molecule has 1 N–H and O–H groups in total. The number of ether oxygens (including phenoxy) is 3. The summed E-state index contributed by atoms with van der Waals surface area (Å²) in [5, 5.41) is 12.1. The predicted octanol–water partition coefficient (Wildman–Crippen LogP) is 6.14. The summed E-state index contributed by atoms with van der Waals surface area (Å²) in [6, 6.07) is 14.7. The summed E-state index contributed by atoms with van der Waals surface area (Å²) in [7, 11) is 1.59. The van der Waals surface area contributed by atoms with Crippen LogP contribution >= 0.6 is 11.6 Å². The number of hydrogen-bond donors (Lipinski definition) is 1. The molecule has 2 heterocycles. The van der Waals surface area contributed by atoms with Gasteiger partial charge in [0.15, 0.2) is 11.5 Å². The summed E-state index contributed by atoms with van der Waals surface area (Å²) in [6.07, 6.45) is 0. The fraction of sp³-hybridized carbons (Fsp3) is 0.241. The number of ketones is 1. The second-order valence-corrected chi connectivity index (χ2v) is 9.76. The molecule has 0 saturated carbocycles. The summed E-state index contributed by atoms with van der Waals surface area (Å²) in [5.41, 5.74) is 3.11. The van der Waals surface area contributed by atoms with E-state index >= 15 is 0 Å². The molecule has 0 spiro atoms. The van der Waals surface area contributed by atoms with Crippen molar-refractivity contribution in [3.05, 3.63) is 87.4 Å². The Morgan fingerprint density at radius 1 is 1.05 bits per heavy atom. The first-order valence-corrected chi connectivity index (χ1v) is 12.2. The minimum atomic E-state index is -0.887. The molecular weight excluding hydrogens is 494 g/mol. The smallest absolute Gasteiger partial charge is 0.300 e. The Hall–Kier alpha value is -3.97. The van der Waals surface area contributed by atoms with Crippen LogP contribution < -0.4 is 19.1 Å². The molecule has 7 nitrogen and oxygen atoms in total.